The van der Waals surface area contributed by atoms with Crippen LogP contribution < -0.4 is 4.90 Å². The van der Waals surface area contributed by atoms with Crippen LogP contribution in [0.3, 0.4) is 0 Å². The summed E-state index contributed by atoms with van der Waals surface area (Å²) in [5.74, 6) is -0.275. The molecular formula is C19H22N3O2S2+. The van der Waals surface area contributed by atoms with Gasteiger partial charge in [0, 0.05) is 22.4 Å². The van der Waals surface area contributed by atoms with E-state index in [1.165, 1.54) is 22.2 Å². The maximum absolute atomic E-state index is 12.0. The van der Waals surface area contributed by atoms with E-state index in [0.717, 1.165) is 35.6 Å². The molecule has 0 saturated heterocycles. The van der Waals surface area contributed by atoms with Gasteiger partial charge in [-0.25, -0.2) is 4.98 Å². The fraction of sp³-hybridized carbons (Fsp3) is 0.421. The molecule has 0 saturated carbocycles. The summed E-state index contributed by atoms with van der Waals surface area (Å²) < 4.78 is 5.11. The number of fused-ring (bicyclic) bond motifs is 1. The molecule has 2 atom stereocenters. The number of hydrogen-bond donors (Lipinski definition) is 1. The molecule has 0 bridgehead atoms. The number of esters is 1. The van der Waals surface area contributed by atoms with Crippen molar-refractivity contribution < 1.29 is 14.4 Å². The first-order valence-corrected chi connectivity index (χ1v) is 10.4. The van der Waals surface area contributed by atoms with Crippen LogP contribution in [0.25, 0.3) is 10.4 Å². The minimum Gasteiger partial charge on any atom is -0.465 e. The zero-order chi connectivity index (χ0) is 18.7. The van der Waals surface area contributed by atoms with Gasteiger partial charge < -0.3 is 9.64 Å². The number of pyridine rings is 1. The molecule has 1 aliphatic rings. The highest BCUT2D eigenvalue weighted by molar-refractivity contribution is 8.00. The van der Waals surface area contributed by atoms with Gasteiger partial charge in [0.2, 0.25) is 0 Å². The van der Waals surface area contributed by atoms with Gasteiger partial charge in [-0.05, 0) is 25.3 Å². The molecule has 0 fully saturated rings. The van der Waals surface area contributed by atoms with Gasteiger partial charge in [-0.2, -0.15) is 5.26 Å². The van der Waals surface area contributed by atoms with Gasteiger partial charge in [-0.3, -0.25) is 4.79 Å². The maximum atomic E-state index is 12.0. The third kappa shape index (κ3) is 3.78. The Hall–Kier alpha value is -1.88. The van der Waals surface area contributed by atoms with Crippen molar-refractivity contribution in [1.82, 2.24) is 4.98 Å². The van der Waals surface area contributed by atoms with Gasteiger partial charge >= 0.3 is 5.97 Å². The summed E-state index contributed by atoms with van der Waals surface area (Å²) >= 11 is 2.95. The van der Waals surface area contributed by atoms with Crippen LogP contribution in [0, 0.1) is 11.3 Å². The van der Waals surface area contributed by atoms with E-state index in [0.29, 0.717) is 17.2 Å². The lowest BCUT2D eigenvalue weighted by molar-refractivity contribution is -0.895. The van der Waals surface area contributed by atoms with Gasteiger partial charge in [0.15, 0.2) is 0 Å². The first kappa shape index (κ1) is 18.9. The highest BCUT2D eigenvalue weighted by Gasteiger charge is 2.29. The average Bonchev–Trinajstić information content (AvgIpc) is 3.15. The van der Waals surface area contributed by atoms with Crippen LogP contribution in [-0.4, -0.2) is 36.4 Å². The molecule has 7 heteroatoms. The molecule has 2 aromatic heterocycles. The molecule has 1 unspecified atom stereocenters. The first-order valence-electron chi connectivity index (χ1n) is 8.69. The van der Waals surface area contributed by atoms with E-state index >= 15 is 0 Å². The number of ether oxygens (including phenoxy) is 1. The minimum absolute atomic E-state index is 0.275. The number of nitrogens with zero attached hydrogens (tertiary/aromatic N) is 2. The number of carbonyl (C=O) groups is 1. The molecule has 1 aliphatic heterocycles. The lowest BCUT2D eigenvalue weighted by Crippen LogP contribution is -3.08. The Bertz CT molecular complexity index is 843. The predicted octanol–water partition coefficient (Wildman–Crippen LogP) is 2.30. The highest BCUT2D eigenvalue weighted by Crippen LogP contribution is 2.38. The van der Waals surface area contributed by atoms with Crippen molar-refractivity contribution in [3.63, 3.8) is 0 Å². The fourth-order valence-electron chi connectivity index (χ4n) is 3.12. The summed E-state index contributed by atoms with van der Waals surface area (Å²) in [7, 11) is 2.17. The Kier molecular flexibility index (Phi) is 5.97. The number of rotatable bonds is 5. The van der Waals surface area contributed by atoms with E-state index in [4.69, 9.17) is 9.72 Å². The van der Waals surface area contributed by atoms with Crippen LogP contribution in [0.2, 0.25) is 0 Å². The molecule has 3 rings (SSSR count). The first-order chi connectivity index (χ1) is 12.5. The Morgan fingerprint density at radius 1 is 1.58 bits per heavy atom. The van der Waals surface area contributed by atoms with Gasteiger partial charge in [0.25, 0.3) is 0 Å². The van der Waals surface area contributed by atoms with Crippen molar-refractivity contribution >= 4 is 29.1 Å². The zero-order valence-corrected chi connectivity index (χ0v) is 16.8. The Morgan fingerprint density at radius 2 is 2.38 bits per heavy atom. The zero-order valence-electron chi connectivity index (χ0n) is 15.2. The third-order valence-corrected chi connectivity index (χ3v) is 6.36. The standard InChI is InChI=1S/C19H21N3O2S2/c1-4-24-19(23)12(2)26-18-13(10-20)17(16-6-5-9-25-16)14-11-22(3)8-7-15(14)21-18/h5-6,9,12H,4,7-8,11H2,1-3H3/p+1/t12-/m0/s1. The smallest absolute Gasteiger partial charge is 0.319 e. The van der Waals surface area contributed by atoms with E-state index in [2.05, 4.69) is 13.1 Å². The number of aromatic nitrogens is 1. The number of nitriles is 1. The molecule has 3 heterocycles. The van der Waals surface area contributed by atoms with Gasteiger partial charge in [0.05, 0.1) is 31.5 Å². The topological polar surface area (TPSA) is 67.4 Å². The number of carbonyl (C=O) groups excluding carboxylic acids is 1. The molecule has 0 aliphatic carbocycles. The number of nitrogens with one attached hydrogen (secondary N) is 1. The van der Waals surface area contributed by atoms with Crippen LogP contribution in [-0.2, 0) is 22.5 Å². The molecular weight excluding hydrogens is 366 g/mol. The Labute approximate surface area is 162 Å². The second-order valence-corrected chi connectivity index (χ2v) is 8.60. The van der Waals surface area contributed by atoms with Crippen molar-refractivity contribution in [2.24, 2.45) is 0 Å². The summed E-state index contributed by atoms with van der Waals surface area (Å²) in [5.41, 5.74) is 3.78. The fourth-order valence-corrected chi connectivity index (χ4v) is 4.86. The number of likely N-dealkylation sites (N-methyl/N-ethyl adjacent to an activating group) is 1. The molecule has 0 spiro atoms. The van der Waals surface area contributed by atoms with Gasteiger partial charge in [-0.1, -0.05) is 17.8 Å². The summed E-state index contributed by atoms with van der Waals surface area (Å²) in [6, 6.07) is 6.41. The number of thioether (sulfide) groups is 1. The van der Waals surface area contributed by atoms with E-state index < -0.39 is 5.25 Å². The largest absolute Gasteiger partial charge is 0.465 e. The number of thiophene rings is 1. The summed E-state index contributed by atoms with van der Waals surface area (Å²) in [5, 5.41) is 12.2. The van der Waals surface area contributed by atoms with Crippen molar-refractivity contribution in [2.75, 3.05) is 20.2 Å². The van der Waals surface area contributed by atoms with Crippen molar-refractivity contribution in [3.05, 3.63) is 34.3 Å². The van der Waals surface area contributed by atoms with Crippen LogP contribution in [0.15, 0.2) is 22.5 Å². The summed E-state index contributed by atoms with van der Waals surface area (Å²) in [4.78, 5) is 19.3. The van der Waals surface area contributed by atoms with Crippen molar-refractivity contribution in [1.29, 1.82) is 5.26 Å². The van der Waals surface area contributed by atoms with E-state index in [9.17, 15) is 10.1 Å². The average molecular weight is 389 g/mol. The van der Waals surface area contributed by atoms with Gasteiger partial charge in [-0.15, -0.1) is 11.3 Å². The second-order valence-electron chi connectivity index (χ2n) is 6.33. The summed E-state index contributed by atoms with van der Waals surface area (Å²) in [6.45, 7) is 5.83. The lowest BCUT2D eigenvalue weighted by atomic mass is 9.96. The highest BCUT2D eigenvalue weighted by atomic mass is 32.2. The maximum Gasteiger partial charge on any atom is 0.319 e. The van der Waals surface area contributed by atoms with Crippen LogP contribution >= 0.6 is 23.1 Å². The van der Waals surface area contributed by atoms with Crippen LogP contribution in [0.4, 0.5) is 0 Å². The van der Waals surface area contributed by atoms with Crippen LogP contribution in [0.5, 0.6) is 0 Å². The van der Waals surface area contributed by atoms with E-state index in [-0.39, 0.29) is 5.97 Å². The van der Waals surface area contributed by atoms with Crippen molar-refractivity contribution in [2.45, 2.75) is 37.1 Å². The number of hydrogen-bond acceptors (Lipinski definition) is 6. The predicted molar refractivity (Wildman–Crippen MR) is 103 cm³/mol. The van der Waals surface area contributed by atoms with E-state index in [1.807, 2.05) is 17.5 Å². The molecule has 5 nitrogen and oxygen atoms in total. The Balaban J connectivity index is 2.10. The molecule has 0 aromatic carbocycles. The molecule has 0 amide bonds. The van der Waals surface area contributed by atoms with Gasteiger partial charge in [0.1, 0.15) is 22.9 Å². The SMILES string of the molecule is CCOC(=O)[C@H](C)Sc1nc2c(c(-c3cccs3)c1C#N)C[NH+](C)CC2. The molecule has 0 radical (unpaired) electrons. The third-order valence-electron chi connectivity index (χ3n) is 4.40. The van der Waals surface area contributed by atoms with Crippen molar-refractivity contribution in [3.8, 4) is 16.5 Å². The second kappa shape index (κ2) is 8.21. The Morgan fingerprint density at radius 3 is 3.04 bits per heavy atom. The molecule has 1 N–H and O–H groups in total. The monoisotopic (exact) mass is 388 g/mol. The summed E-state index contributed by atoms with van der Waals surface area (Å²) in [6.07, 6.45) is 0.882. The normalized spacial score (nSPS) is 17.2. The van der Waals surface area contributed by atoms with E-state index in [1.54, 1.807) is 25.2 Å². The molecule has 2 aromatic rings. The number of quaternary nitrogens is 1. The van der Waals surface area contributed by atoms with Crippen LogP contribution in [0.1, 0.15) is 30.7 Å². The lowest BCUT2D eigenvalue weighted by Gasteiger charge is -2.25. The molecule has 136 valence electrons. The molecule has 26 heavy (non-hydrogen) atoms. The quantitative estimate of drug-likeness (QED) is 0.629. The minimum atomic E-state index is -0.402.